The highest BCUT2D eigenvalue weighted by atomic mass is 32.2. The van der Waals surface area contributed by atoms with Crippen molar-refractivity contribution in [1.82, 2.24) is 0 Å². The van der Waals surface area contributed by atoms with Crippen molar-refractivity contribution < 1.29 is 0 Å². The van der Waals surface area contributed by atoms with Gasteiger partial charge in [-0.05, 0) is 29.4 Å². The highest BCUT2D eigenvalue weighted by Crippen LogP contribution is 2.39. The number of thioether (sulfide) groups is 1. The highest BCUT2D eigenvalue weighted by Gasteiger charge is 2.23. The fourth-order valence-corrected chi connectivity index (χ4v) is 2.05. The molecule has 0 N–H and O–H groups in total. The molecule has 0 bridgehead atoms. The van der Waals surface area contributed by atoms with Gasteiger partial charge in [0.2, 0.25) is 0 Å². The molecule has 0 aromatic carbocycles. The Morgan fingerprint density at radius 2 is 2.00 bits per heavy atom. The minimum absolute atomic E-state index is 0.369. The van der Waals surface area contributed by atoms with E-state index in [0.29, 0.717) is 5.41 Å². The van der Waals surface area contributed by atoms with E-state index in [0.717, 1.165) is 0 Å². The van der Waals surface area contributed by atoms with Crippen LogP contribution < -0.4 is 0 Å². The average molecular weight is 172 g/mol. The van der Waals surface area contributed by atoms with Crippen molar-refractivity contribution in [3.05, 3.63) is 11.5 Å². The van der Waals surface area contributed by atoms with Gasteiger partial charge in [0.15, 0.2) is 0 Å². The summed E-state index contributed by atoms with van der Waals surface area (Å²) in [6.45, 7) is 10.9. The second-order valence-corrected chi connectivity index (χ2v) is 4.19. The summed E-state index contributed by atoms with van der Waals surface area (Å²) in [5.41, 5.74) is 0.369. The molecule has 1 heteroatoms. The molecule has 0 nitrogen and oxygen atoms in total. The van der Waals surface area contributed by atoms with Gasteiger partial charge >= 0.3 is 0 Å². The second kappa shape index (κ2) is 4.87. The van der Waals surface area contributed by atoms with Crippen molar-refractivity contribution in [3.8, 4) is 0 Å². The average Bonchev–Trinajstić information content (AvgIpc) is 2.03. The summed E-state index contributed by atoms with van der Waals surface area (Å²) < 4.78 is 0. The summed E-state index contributed by atoms with van der Waals surface area (Å²) in [5.74, 6) is 0. The Morgan fingerprint density at radius 3 is 2.27 bits per heavy atom. The Labute approximate surface area is 75.5 Å². The molecule has 0 aromatic heterocycles. The Kier molecular flexibility index (Phi) is 4.91. The zero-order valence-electron chi connectivity index (χ0n) is 8.24. The van der Waals surface area contributed by atoms with Gasteiger partial charge in [0.25, 0.3) is 0 Å². The zero-order chi connectivity index (χ0) is 8.91. The van der Waals surface area contributed by atoms with Crippen LogP contribution in [0.2, 0.25) is 0 Å². The van der Waals surface area contributed by atoms with Crippen LogP contribution in [-0.2, 0) is 0 Å². The topological polar surface area (TPSA) is 0 Å². The molecule has 0 saturated carbocycles. The summed E-state index contributed by atoms with van der Waals surface area (Å²) in [4.78, 5) is 1.34. The summed E-state index contributed by atoms with van der Waals surface area (Å²) in [6, 6.07) is 0. The van der Waals surface area contributed by atoms with Crippen molar-refractivity contribution in [2.45, 2.75) is 40.0 Å². The fraction of sp³-hybridized carbons (Fsp3) is 0.800. The van der Waals surface area contributed by atoms with E-state index in [1.807, 2.05) is 0 Å². The van der Waals surface area contributed by atoms with E-state index in [2.05, 4.69) is 33.6 Å². The van der Waals surface area contributed by atoms with Gasteiger partial charge in [0, 0.05) is 0 Å². The van der Waals surface area contributed by atoms with E-state index < -0.39 is 0 Å². The first-order valence-electron chi connectivity index (χ1n) is 4.34. The Morgan fingerprint density at radius 1 is 1.45 bits per heavy atom. The molecule has 0 aliphatic rings. The number of allylic oxidation sites excluding steroid dienone is 1. The largest absolute Gasteiger partial charge is 0.134 e. The lowest BCUT2D eigenvalue weighted by molar-refractivity contribution is 0.366. The molecular formula is C10H20S. The maximum absolute atomic E-state index is 4.10. The molecule has 0 aliphatic heterocycles. The summed E-state index contributed by atoms with van der Waals surface area (Å²) in [7, 11) is 0. The third kappa shape index (κ3) is 2.90. The van der Waals surface area contributed by atoms with Crippen molar-refractivity contribution in [2.75, 3.05) is 6.26 Å². The van der Waals surface area contributed by atoms with Crippen LogP contribution in [0.5, 0.6) is 0 Å². The van der Waals surface area contributed by atoms with Crippen LogP contribution >= 0.6 is 11.8 Å². The predicted molar refractivity (Wildman–Crippen MR) is 56.0 cm³/mol. The van der Waals surface area contributed by atoms with E-state index in [1.54, 1.807) is 11.8 Å². The van der Waals surface area contributed by atoms with Crippen LogP contribution in [0.3, 0.4) is 0 Å². The molecule has 0 rings (SSSR count). The maximum Gasteiger partial charge on any atom is -0.00242 e. The molecule has 0 aliphatic carbocycles. The zero-order valence-corrected chi connectivity index (χ0v) is 9.05. The van der Waals surface area contributed by atoms with E-state index in [9.17, 15) is 0 Å². The van der Waals surface area contributed by atoms with Gasteiger partial charge in [-0.25, -0.2) is 0 Å². The molecule has 66 valence electrons. The van der Waals surface area contributed by atoms with Gasteiger partial charge in [-0.2, -0.15) is 0 Å². The van der Waals surface area contributed by atoms with Crippen molar-refractivity contribution in [1.29, 1.82) is 0 Å². The van der Waals surface area contributed by atoms with Crippen LogP contribution in [0.25, 0.3) is 0 Å². The normalized spacial score (nSPS) is 16.0. The van der Waals surface area contributed by atoms with Gasteiger partial charge in [0.05, 0.1) is 0 Å². The summed E-state index contributed by atoms with van der Waals surface area (Å²) in [5, 5.41) is 0. The number of hydrogen-bond acceptors (Lipinski definition) is 1. The minimum Gasteiger partial charge on any atom is -0.134 e. The van der Waals surface area contributed by atoms with E-state index in [-0.39, 0.29) is 0 Å². The molecule has 0 heterocycles. The molecule has 0 amide bonds. The fourth-order valence-electron chi connectivity index (χ4n) is 1.31. The highest BCUT2D eigenvalue weighted by molar-refractivity contribution is 8.02. The minimum atomic E-state index is 0.369. The standard InChI is InChI=1S/C10H20S/c1-6-8-10(4,7-2)9(3)11-5/h3,6-8H2,1-2,4-5H3. The quantitative estimate of drug-likeness (QED) is 0.602. The molecule has 0 radical (unpaired) electrons. The molecule has 0 fully saturated rings. The van der Waals surface area contributed by atoms with Gasteiger partial charge in [-0.1, -0.05) is 33.8 Å². The first-order chi connectivity index (χ1) is 5.10. The van der Waals surface area contributed by atoms with Crippen LogP contribution in [-0.4, -0.2) is 6.26 Å². The van der Waals surface area contributed by atoms with Gasteiger partial charge in [-0.3, -0.25) is 0 Å². The summed E-state index contributed by atoms with van der Waals surface area (Å²) in [6.07, 6.45) is 5.85. The molecule has 1 atom stereocenters. The Bertz CT molecular complexity index is 129. The monoisotopic (exact) mass is 172 g/mol. The van der Waals surface area contributed by atoms with Gasteiger partial charge < -0.3 is 0 Å². The molecule has 0 saturated heterocycles. The number of rotatable bonds is 5. The summed E-state index contributed by atoms with van der Waals surface area (Å²) >= 11 is 1.80. The molecular weight excluding hydrogens is 152 g/mol. The lowest BCUT2D eigenvalue weighted by Gasteiger charge is -2.29. The van der Waals surface area contributed by atoms with Crippen molar-refractivity contribution in [2.24, 2.45) is 5.41 Å². The molecule has 0 aromatic rings. The van der Waals surface area contributed by atoms with Crippen LogP contribution in [0, 0.1) is 5.41 Å². The third-order valence-corrected chi connectivity index (χ3v) is 3.49. The van der Waals surface area contributed by atoms with Crippen LogP contribution in [0.15, 0.2) is 11.5 Å². The molecule has 11 heavy (non-hydrogen) atoms. The van der Waals surface area contributed by atoms with Gasteiger partial charge in [0.1, 0.15) is 0 Å². The van der Waals surface area contributed by atoms with Crippen LogP contribution in [0.4, 0.5) is 0 Å². The van der Waals surface area contributed by atoms with Crippen molar-refractivity contribution in [3.63, 3.8) is 0 Å². The van der Waals surface area contributed by atoms with E-state index in [4.69, 9.17) is 0 Å². The smallest absolute Gasteiger partial charge is 0.00242 e. The van der Waals surface area contributed by atoms with Gasteiger partial charge in [-0.15, -0.1) is 11.8 Å². The second-order valence-electron chi connectivity index (χ2n) is 3.29. The third-order valence-electron chi connectivity index (χ3n) is 2.50. The SMILES string of the molecule is C=C(SC)C(C)(CC)CCC. The molecule has 1 unspecified atom stereocenters. The Balaban J connectivity index is 4.19. The van der Waals surface area contributed by atoms with E-state index in [1.165, 1.54) is 24.2 Å². The van der Waals surface area contributed by atoms with E-state index >= 15 is 0 Å². The predicted octanol–water partition coefficient (Wildman–Crippen LogP) is 4.08. The lowest BCUT2D eigenvalue weighted by atomic mass is 9.83. The number of hydrogen-bond donors (Lipinski definition) is 0. The first-order valence-corrected chi connectivity index (χ1v) is 5.56. The van der Waals surface area contributed by atoms with Crippen molar-refractivity contribution >= 4 is 11.8 Å². The molecule has 0 spiro atoms. The maximum atomic E-state index is 4.10. The van der Waals surface area contributed by atoms with Crippen LogP contribution in [0.1, 0.15) is 40.0 Å². The Hall–Kier alpha value is 0.0900. The first kappa shape index (κ1) is 11.1. The lowest BCUT2D eigenvalue weighted by Crippen LogP contribution is -2.15.